The highest BCUT2D eigenvalue weighted by Crippen LogP contribution is 2.19. The largest absolute Gasteiger partial charge is 0.330 e. The van der Waals surface area contributed by atoms with Crippen LogP contribution in [0.15, 0.2) is 6.20 Å². The van der Waals surface area contributed by atoms with Crippen LogP contribution in [0.25, 0.3) is 0 Å². The van der Waals surface area contributed by atoms with Crippen LogP contribution in [0.5, 0.6) is 0 Å². The number of nitrogens with zero attached hydrogens (tertiary/aromatic N) is 5. The Balaban J connectivity index is 2.19. The normalized spacial score (nSPS) is 11.1. The third-order valence-electron chi connectivity index (χ3n) is 2.58. The predicted molar refractivity (Wildman–Crippen MR) is 64.8 cm³/mol. The summed E-state index contributed by atoms with van der Waals surface area (Å²) in [6, 6.07) is 0. The molecule has 0 radical (unpaired) electrons. The number of nitrogens with two attached hydrogens (primary N) is 1. The molecule has 2 N–H and O–H groups in total. The van der Waals surface area contributed by atoms with Gasteiger partial charge in [0.1, 0.15) is 5.15 Å². The van der Waals surface area contributed by atoms with E-state index < -0.39 is 0 Å². The summed E-state index contributed by atoms with van der Waals surface area (Å²) >= 11 is 6.15. The van der Waals surface area contributed by atoms with Gasteiger partial charge in [0.25, 0.3) is 0 Å². The fourth-order valence-electron chi connectivity index (χ4n) is 1.69. The molecule has 7 heteroatoms. The predicted octanol–water partition coefficient (Wildman–Crippen LogP) is 0.523. The second-order valence-electron chi connectivity index (χ2n) is 3.92. The van der Waals surface area contributed by atoms with Gasteiger partial charge in [0, 0.05) is 25.2 Å². The molecule has 0 aliphatic rings. The summed E-state index contributed by atoms with van der Waals surface area (Å²) < 4.78 is 3.41. The molecule has 0 bridgehead atoms. The molecule has 92 valence electrons. The van der Waals surface area contributed by atoms with Gasteiger partial charge in [-0.1, -0.05) is 16.8 Å². The Morgan fingerprint density at radius 1 is 1.47 bits per heavy atom. The molecular formula is C10H15ClN6. The van der Waals surface area contributed by atoms with E-state index in [2.05, 4.69) is 15.4 Å². The van der Waals surface area contributed by atoms with Crippen LogP contribution < -0.4 is 5.73 Å². The average Bonchev–Trinajstić information content (AvgIpc) is 2.81. The van der Waals surface area contributed by atoms with Crippen molar-refractivity contribution in [2.45, 2.75) is 19.9 Å². The molecule has 0 aliphatic carbocycles. The van der Waals surface area contributed by atoms with Crippen molar-refractivity contribution in [3.05, 3.63) is 28.3 Å². The Labute approximate surface area is 104 Å². The van der Waals surface area contributed by atoms with Crippen molar-refractivity contribution < 1.29 is 0 Å². The smallest absolute Gasteiger partial charge is 0.132 e. The molecule has 0 aliphatic heterocycles. The molecule has 0 saturated heterocycles. The summed E-state index contributed by atoms with van der Waals surface area (Å²) in [5, 5.41) is 13.0. The topological polar surface area (TPSA) is 74.5 Å². The maximum Gasteiger partial charge on any atom is 0.132 e. The second kappa shape index (κ2) is 4.85. The zero-order valence-electron chi connectivity index (χ0n) is 9.89. The number of halogens is 1. The molecule has 6 nitrogen and oxygen atoms in total. The highest BCUT2D eigenvalue weighted by molar-refractivity contribution is 6.30. The molecule has 2 aromatic rings. The molecule has 0 amide bonds. The first-order valence-electron chi connectivity index (χ1n) is 5.39. The third-order valence-corrected chi connectivity index (χ3v) is 3.05. The van der Waals surface area contributed by atoms with Gasteiger partial charge in [-0.05, 0) is 13.5 Å². The summed E-state index contributed by atoms with van der Waals surface area (Å²) in [6.07, 6.45) is 2.62. The Kier molecular flexibility index (Phi) is 3.44. The minimum absolute atomic E-state index is 0.575. The highest BCUT2D eigenvalue weighted by atomic mass is 35.5. The summed E-state index contributed by atoms with van der Waals surface area (Å²) in [6.45, 7) is 3.08. The number of hydrogen-bond acceptors (Lipinski definition) is 4. The van der Waals surface area contributed by atoms with Gasteiger partial charge in [0.05, 0.1) is 17.9 Å². The fourth-order valence-corrected chi connectivity index (χ4v) is 1.93. The van der Waals surface area contributed by atoms with Crippen LogP contribution >= 0.6 is 11.6 Å². The molecule has 0 atom stereocenters. The van der Waals surface area contributed by atoms with Crippen molar-refractivity contribution in [2.75, 3.05) is 6.54 Å². The van der Waals surface area contributed by atoms with Crippen LogP contribution in [0.4, 0.5) is 0 Å². The summed E-state index contributed by atoms with van der Waals surface area (Å²) in [4.78, 5) is 0. The maximum atomic E-state index is 6.15. The lowest BCUT2D eigenvalue weighted by Crippen LogP contribution is -2.03. The van der Waals surface area contributed by atoms with Crippen LogP contribution in [0.2, 0.25) is 5.15 Å². The average molecular weight is 255 g/mol. The van der Waals surface area contributed by atoms with E-state index in [1.54, 1.807) is 9.36 Å². The lowest BCUT2D eigenvalue weighted by molar-refractivity contribution is 0.647. The molecule has 0 unspecified atom stereocenters. The minimum atomic E-state index is 0.575. The number of rotatable bonds is 4. The van der Waals surface area contributed by atoms with Crippen molar-refractivity contribution in [3.8, 4) is 0 Å². The van der Waals surface area contributed by atoms with Gasteiger partial charge < -0.3 is 5.73 Å². The molecular weight excluding hydrogens is 240 g/mol. The van der Waals surface area contributed by atoms with Gasteiger partial charge in [-0.15, -0.1) is 5.10 Å². The van der Waals surface area contributed by atoms with E-state index in [9.17, 15) is 0 Å². The first-order chi connectivity index (χ1) is 8.11. The van der Waals surface area contributed by atoms with Gasteiger partial charge in [0.15, 0.2) is 0 Å². The second-order valence-corrected chi connectivity index (χ2v) is 4.28. The fraction of sp³-hybridized carbons (Fsp3) is 0.500. The highest BCUT2D eigenvalue weighted by Gasteiger charge is 2.12. The Morgan fingerprint density at radius 2 is 2.24 bits per heavy atom. The van der Waals surface area contributed by atoms with E-state index >= 15 is 0 Å². The lowest BCUT2D eigenvalue weighted by Gasteiger charge is -1.99. The van der Waals surface area contributed by atoms with E-state index in [4.69, 9.17) is 17.3 Å². The maximum absolute atomic E-state index is 6.15. The first kappa shape index (κ1) is 12.1. The SMILES string of the molecule is Cc1nn(C)c(Cl)c1Cn1cc(CCN)nn1. The summed E-state index contributed by atoms with van der Waals surface area (Å²) in [5.41, 5.74) is 8.24. The Morgan fingerprint density at radius 3 is 2.82 bits per heavy atom. The molecule has 2 aromatic heterocycles. The van der Waals surface area contributed by atoms with Crippen LogP contribution in [-0.2, 0) is 20.0 Å². The zero-order valence-corrected chi connectivity index (χ0v) is 10.6. The van der Waals surface area contributed by atoms with Crippen molar-refractivity contribution >= 4 is 11.6 Å². The Bertz CT molecular complexity index is 515. The van der Waals surface area contributed by atoms with Gasteiger partial charge >= 0.3 is 0 Å². The molecule has 17 heavy (non-hydrogen) atoms. The molecule has 0 aromatic carbocycles. The van der Waals surface area contributed by atoms with E-state index in [1.807, 2.05) is 20.2 Å². The van der Waals surface area contributed by atoms with E-state index in [-0.39, 0.29) is 0 Å². The quantitative estimate of drug-likeness (QED) is 0.863. The van der Waals surface area contributed by atoms with Crippen molar-refractivity contribution in [1.82, 2.24) is 24.8 Å². The van der Waals surface area contributed by atoms with Crippen molar-refractivity contribution in [1.29, 1.82) is 0 Å². The van der Waals surface area contributed by atoms with Crippen molar-refractivity contribution in [3.63, 3.8) is 0 Å². The minimum Gasteiger partial charge on any atom is -0.330 e. The van der Waals surface area contributed by atoms with E-state index in [1.165, 1.54) is 0 Å². The zero-order chi connectivity index (χ0) is 12.4. The first-order valence-corrected chi connectivity index (χ1v) is 5.76. The van der Waals surface area contributed by atoms with Gasteiger partial charge in [-0.3, -0.25) is 4.68 Å². The number of hydrogen-bond donors (Lipinski definition) is 1. The summed E-state index contributed by atoms with van der Waals surface area (Å²) in [7, 11) is 1.82. The van der Waals surface area contributed by atoms with Crippen molar-refractivity contribution in [2.24, 2.45) is 12.8 Å². The van der Waals surface area contributed by atoms with E-state index in [0.29, 0.717) is 18.2 Å². The van der Waals surface area contributed by atoms with Crippen LogP contribution in [-0.4, -0.2) is 31.3 Å². The number of aromatic nitrogens is 5. The van der Waals surface area contributed by atoms with Gasteiger partial charge in [-0.2, -0.15) is 5.10 Å². The molecule has 2 rings (SSSR count). The molecule has 0 fully saturated rings. The number of aryl methyl sites for hydroxylation is 2. The van der Waals surface area contributed by atoms with Gasteiger partial charge in [0.2, 0.25) is 0 Å². The van der Waals surface area contributed by atoms with Crippen LogP contribution in [0.3, 0.4) is 0 Å². The van der Waals surface area contributed by atoms with Crippen LogP contribution in [0, 0.1) is 6.92 Å². The standard InChI is InChI=1S/C10H15ClN6/c1-7-9(10(11)16(2)14-7)6-17-5-8(3-4-12)13-15-17/h5H,3-4,6,12H2,1-2H3. The monoisotopic (exact) mass is 254 g/mol. The third kappa shape index (κ3) is 2.48. The molecule has 2 heterocycles. The molecule has 0 saturated carbocycles. The van der Waals surface area contributed by atoms with E-state index in [0.717, 1.165) is 23.4 Å². The Hall–Kier alpha value is -1.40. The molecule has 0 spiro atoms. The lowest BCUT2D eigenvalue weighted by atomic mass is 10.2. The summed E-state index contributed by atoms with van der Waals surface area (Å²) in [5.74, 6) is 0. The van der Waals surface area contributed by atoms with Crippen LogP contribution in [0.1, 0.15) is 17.0 Å². The van der Waals surface area contributed by atoms with Gasteiger partial charge in [-0.25, -0.2) is 4.68 Å².